The highest BCUT2D eigenvalue weighted by molar-refractivity contribution is 5.80. The van der Waals surface area contributed by atoms with Crippen molar-refractivity contribution in [3.63, 3.8) is 0 Å². The number of halogens is 2. The monoisotopic (exact) mass is 362 g/mol. The van der Waals surface area contributed by atoms with Gasteiger partial charge in [-0.25, -0.2) is 8.78 Å². The third-order valence-electron chi connectivity index (χ3n) is 5.41. The fourth-order valence-electron chi connectivity index (χ4n) is 3.96. The molecule has 26 heavy (non-hydrogen) atoms. The molecule has 4 nitrogen and oxygen atoms in total. The maximum absolute atomic E-state index is 13.4. The van der Waals surface area contributed by atoms with Crippen LogP contribution in [-0.4, -0.2) is 41.2 Å². The second-order valence-electron chi connectivity index (χ2n) is 7.36. The number of likely N-dealkylation sites (tertiary alicyclic amines) is 2. The topological polar surface area (TPSA) is 40.6 Å². The van der Waals surface area contributed by atoms with Crippen LogP contribution in [0.25, 0.3) is 0 Å². The second kappa shape index (κ2) is 7.56. The molecule has 0 radical (unpaired) electrons. The highest BCUT2D eigenvalue weighted by Crippen LogP contribution is 2.41. The van der Waals surface area contributed by atoms with Crippen LogP contribution in [0.4, 0.5) is 8.78 Å². The van der Waals surface area contributed by atoms with Crippen LogP contribution in [0.15, 0.2) is 30.4 Å². The summed E-state index contributed by atoms with van der Waals surface area (Å²) in [7, 11) is 0. The lowest BCUT2D eigenvalue weighted by Crippen LogP contribution is -2.44. The van der Waals surface area contributed by atoms with Crippen LogP contribution in [-0.2, 0) is 16.1 Å². The first kappa shape index (κ1) is 18.5. The summed E-state index contributed by atoms with van der Waals surface area (Å²) in [5.41, 5.74) is 0.340. The first-order valence-electron chi connectivity index (χ1n) is 9.02. The van der Waals surface area contributed by atoms with Crippen molar-refractivity contribution in [1.29, 1.82) is 0 Å². The standard InChI is InChI=1S/C20H24F2N2O2/c1-2-3-4-18(25)23-7-5-20(6-8-23)12-19(26)24(14-20)13-15-9-16(21)11-17(22)10-15/h2-3,9-11H,4-8,12-14H2,1H3. The van der Waals surface area contributed by atoms with Gasteiger partial charge in [-0.3, -0.25) is 9.59 Å². The van der Waals surface area contributed by atoms with Crippen molar-refractivity contribution in [3.05, 3.63) is 47.5 Å². The maximum atomic E-state index is 13.4. The molecule has 1 spiro atoms. The van der Waals surface area contributed by atoms with E-state index in [4.69, 9.17) is 0 Å². The number of hydrogen-bond donors (Lipinski definition) is 0. The summed E-state index contributed by atoms with van der Waals surface area (Å²) >= 11 is 0. The van der Waals surface area contributed by atoms with E-state index >= 15 is 0 Å². The molecule has 0 aliphatic carbocycles. The SMILES string of the molecule is CC=CCC(=O)N1CCC2(CC1)CC(=O)N(Cc1cc(F)cc(F)c1)C2. The van der Waals surface area contributed by atoms with Crippen molar-refractivity contribution in [1.82, 2.24) is 9.80 Å². The molecule has 2 saturated heterocycles. The summed E-state index contributed by atoms with van der Waals surface area (Å²) in [6, 6.07) is 3.37. The number of amides is 2. The number of rotatable bonds is 4. The smallest absolute Gasteiger partial charge is 0.226 e. The van der Waals surface area contributed by atoms with E-state index in [-0.39, 0.29) is 23.8 Å². The van der Waals surface area contributed by atoms with Gasteiger partial charge in [0.05, 0.1) is 0 Å². The van der Waals surface area contributed by atoms with E-state index in [0.717, 1.165) is 18.9 Å². The van der Waals surface area contributed by atoms with Gasteiger partial charge in [0, 0.05) is 50.5 Å². The van der Waals surface area contributed by atoms with E-state index in [1.807, 2.05) is 24.0 Å². The predicted molar refractivity (Wildman–Crippen MR) is 94.1 cm³/mol. The molecule has 0 atom stereocenters. The number of carbonyl (C=O) groups excluding carboxylic acids is 2. The quantitative estimate of drug-likeness (QED) is 0.772. The van der Waals surface area contributed by atoms with E-state index in [1.54, 1.807) is 4.90 Å². The van der Waals surface area contributed by atoms with Gasteiger partial charge in [0.2, 0.25) is 11.8 Å². The Balaban J connectivity index is 1.60. The zero-order valence-electron chi connectivity index (χ0n) is 15.0. The second-order valence-corrected chi connectivity index (χ2v) is 7.36. The molecule has 0 aromatic heterocycles. The van der Waals surface area contributed by atoms with Gasteiger partial charge in [-0.15, -0.1) is 0 Å². The van der Waals surface area contributed by atoms with Gasteiger partial charge in [-0.2, -0.15) is 0 Å². The van der Waals surface area contributed by atoms with Crippen LogP contribution >= 0.6 is 0 Å². The Morgan fingerprint density at radius 2 is 1.85 bits per heavy atom. The Kier molecular flexibility index (Phi) is 5.39. The Morgan fingerprint density at radius 3 is 2.46 bits per heavy atom. The summed E-state index contributed by atoms with van der Waals surface area (Å²) in [6.45, 7) is 4.01. The van der Waals surface area contributed by atoms with Crippen molar-refractivity contribution in [2.75, 3.05) is 19.6 Å². The van der Waals surface area contributed by atoms with Gasteiger partial charge in [0.15, 0.2) is 0 Å². The first-order valence-corrected chi connectivity index (χ1v) is 9.02. The molecule has 2 fully saturated rings. The Bertz CT molecular complexity index is 704. The lowest BCUT2D eigenvalue weighted by atomic mass is 9.77. The summed E-state index contributed by atoms with van der Waals surface area (Å²) in [5.74, 6) is -1.12. The largest absolute Gasteiger partial charge is 0.342 e. The van der Waals surface area contributed by atoms with E-state index in [1.165, 1.54) is 12.1 Å². The summed E-state index contributed by atoms with van der Waals surface area (Å²) in [5, 5.41) is 0. The molecule has 0 bridgehead atoms. The molecule has 2 aliphatic heterocycles. The average Bonchev–Trinajstić information content (AvgIpc) is 2.87. The number of benzene rings is 1. The Morgan fingerprint density at radius 1 is 1.19 bits per heavy atom. The molecular weight excluding hydrogens is 338 g/mol. The molecular formula is C20H24F2N2O2. The predicted octanol–water partition coefficient (Wildman–Crippen LogP) is 3.27. The third kappa shape index (κ3) is 4.11. The van der Waals surface area contributed by atoms with Crippen molar-refractivity contribution in [2.45, 2.75) is 39.2 Å². The van der Waals surface area contributed by atoms with Crippen LogP contribution in [0, 0.1) is 17.0 Å². The molecule has 2 heterocycles. The van der Waals surface area contributed by atoms with Crippen molar-refractivity contribution in [3.8, 4) is 0 Å². The van der Waals surface area contributed by atoms with Crippen molar-refractivity contribution in [2.24, 2.45) is 5.41 Å². The highest BCUT2D eigenvalue weighted by atomic mass is 19.1. The van der Waals surface area contributed by atoms with Crippen molar-refractivity contribution >= 4 is 11.8 Å². The van der Waals surface area contributed by atoms with Crippen LogP contribution in [0.1, 0.15) is 38.2 Å². The van der Waals surface area contributed by atoms with Gasteiger partial charge >= 0.3 is 0 Å². The minimum atomic E-state index is -0.630. The lowest BCUT2D eigenvalue weighted by molar-refractivity contribution is -0.132. The molecule has 1 aromatic rings. The normalized spacial score (nSPS) is 19.7. The first-order chi connectivity index (χ1) is 12.4. The molecule has 2 aliphatic rings. The zero-order valence-corrected chi connectivity index (χ0v) is 15.0. The summed E-state index contributed by atoms with van der Waals surface area (Å²) < 4.78 is 26.7. The molecule has 140 valence electrons. The van der Waals surface area contributed by atoms with E-state index < -0.39 is 11.6 Å². The number of nitrogens with zero attached hydrogens (tertiary/aromatic N) is 2. The average molecular weight is 362 g/mol. The van der Waals surface area contributed by atoms with Gasteiger partial charge in [0.1, 0.15) is 11.6 Å². The van der Waals surface area contributed by atoms with E-state index in [9.17, 15) is 18.4 Å². The summed E-state index contributed by atoms with van der Waals surface area (Å²) in [4.78, 5) is 28.1. The van der Waals surface area contributed by atoms with Crippen LogP contribution in [0.5, 0.6) is 0 Å². The van der Waals surface area contributed by atoms with Crippen LogP contribution in [0.2, 0.25) is 0 Å². The molecule has 3 rings (SSSR count). The van der Waals surface area contributed by atoms with Gasteiger partial charge in [-0.1, -0.05) is 12.2 Å². The molecule has 0 N–H and O–H groups in total. The Hall–Kier alpha value is -2.24. The van der Waals surface area contributed by atoms with Gasteiger partial charge in [0.25, 0.3) is 0 Å². The fourth-order valence-corrected chi connectivity index (χ4v) is 3.96. The lowest BCUT2D eigenvalue weighted by Gasteiger charge is -2.38. The number of hydrogen-bond acceptors (Lipinski definition) is 2. The Labute approximate surface area is 152 Å². The van der Waals surface area contributed by atoms with Crippen LogP contribution < -0.4 is 0 Å². The van der Waals surface area contributed by atoms with Gasteiger partial charge < -0.3 is 9.80 Å². The van der Waals surface area contributed by atoms with Crippen LogP contribution in [0.3, 0.4) is 0 Å². The minimum Gasteiger partial charge on any atom is -0.342 e. The van der Waals surface area contributed by atoms with Gasteiger partial charge in [-0.05, 0) is 37.5 Å². The molecule has 1 aromatic carbocycles. The molecule has 2 amide bonds. The minimum absolute atomic E-state index is 0.0170. The molecule has 0 saturated carbocycles. The number of piperidine rings is 1. The maximum Gasteiger partial charge on any atom is 0.226 e. The third-order valence-corrected chi connectivity index (χ3v) is 5.41. The summed E-state index contributed by atoms with van der Waals surface area (Å²) in [6.07, 6.45) is 6.15. The number of allylic oxidation sites excluding steroid dienone is 1. The zero-order chi connectivity index (χ0) is 18.7. The molecule has 0 unspecified atom stereocenters. The van der Waals surface area contributed by atoms with E-state index in [0.29, 0.717) is 38.0 Å². The van der Waals surface area contributed by atoms with E-state index in [2.05, 4.69) is 0 Å². The number of carbonyl (C=O) groups is 2. The fraction of sp³-hybridized carbons (Fsp3) is 0.500. The van der Waals surface area contributed by atoms with Crippen molar-refractivity contribution < 1.29 is 18.4 Å². The molecule has 6 heteroatoms. The highest BCUT2D eigenvalue weighted by Gasteiger charge is 2.45.